The average molecular weight is 306 g/mol. The zero-order chi connectivity index (χ0) is 16.2. The van der Waals surface area contributed by atoms with Gasteiger partial charge in [0.2, 0.25) is 5.88 Å². The maximum absolute atomic E-state index is 12.5. The van der Waals surface area contributed by atoms with Gasteiger partial charge in [-0.2, -0.15) is 0 Å². The molecular formula is C17H26N2O3. The number of ether oxygens (including phenoxy) is 2. The van der Waals surface area contributed by atoms with Gasteiger partial charge in [0.15, 0.2) is 0 Å². The predicted molar refractivity (Wildman–Crippen MR) is 86.1 cm³/mol. The molecule has 0 aromatic carbocycles. The van der Waals surface area contributed by atoms with Crippen LogP contribution < -0.4 is 10.1 Å². The summed E-state index contributed by atoms with van der Waals surface area (Å²) in [5.74, 6) is 0.796. The van der Waals surface area contributed by atoms with Crippen LogP contribution in [0.2, 0.25) is 0 Å². The van der Waals surface area contributed by atoms with Crippen molar-refractivity contribution in [2.24, 2.45) is 5.92 Å². The van der Waals surface area contributed by atoms with Crippen LogP contribution in [0.15, 0.2) is 12.1 Å². The quantitative estimate of drug-likeness (QED) is 0.748. The van der Waals surface area contributed by atoms with Crippen molar-refractivity contribution in [2.45, 2.75) is 52.1 Å². The number of nitrogens with one attached hydrogen (secondary N) is 1. The summed E-state index contributed by atoms with van der Waals surface area (Å²) in [7, 11) is 1.59. The van der Waals surface area contributed by atoms with Gasteiger partial charge in [-0.3, -0.25) is 4.79 Å². The summed E-state index contributed by atoms with van der Waals surface area (Å²) in [6.07, 6.45) is 4.18. The van der Waals surface area contributed by atoms with Crippen molar-refractivity contribution < 1.29 is 14.3 Å². The number of carbonyl (C=O) groups excluding carboxylic acids is 1. The van der Waals surface area contributed by atoms with Crippen molar-refractivity contribution in [3.63, 3.8) is 0 Å². The van der Waals surface area contributed by atoms with E-state index in [1.807, 2.05) is 19.9 Å². The van der Waals surface area contributed by atoms with Crippen LogP contribution in [0.25, 0.3) is 0 Å². The van der Waals surface area contributed by atoms with Crippen molar-refractivity contribution in [3.8, 4) is 5.88 Å². The molecule has 1 N–H and O–H groups in total. The van der Waals surface area contributed by atoms with Gasteiger partial charge in [-0.05, 0) is 45.1 Å². The number of methoxy groups -OCH3 is 1. The van der Waals surface area contributed by atoms with Crippen LogP contribution in [-0.4, -0.2) is 30.2 Å². The lowest BCUT2D eigenvalue weighted by Crippen LogP contribution is -2.44. The molecule has 5 nitrogen and oxygen atoms in total. The molecule has 0 spiro atoms. The highest BCUT2D eigenvalue weighted by atomic mass is 16.5. The van der Waals surface area contributed by atoms with E-state index in [1.54, 1.807) is 13.2 Å². The van der Waals surface area contributed by atoms with Crippen LogP contribution in [0.4, 0.5) is 5.69 Å². The maximum atomic E-state index is 12.5. The summed E-state index contributed by atoms with van der Waals surface area (Å²) < 4.78 is 11.0. The second kappa shape index (κ2) is 7.09. The van der Waals surface area contributed by atoms with Gasteiger partial charge in [0.25, 0.3) is 5.91 Å². The topological polar surface area (TPSA) is 60.5 Å². The molecule has 122 valence electrons. The Morgan fingerprint density at radius 3 is 2.73 bits per heavy atom. The molecule has 1 aliphatic rings. The molecule has 5 heteroatoms. The zero-order valence-electron chi connectivity index (χ0n) is 13.9. The Bertz CT molecular complexity index is 529. The Morgan fingerprint density at radius 1 is 1.45 bits per heavy atom. The third kappa shape index (κ3) is 3.77. The third-order valence-electron chi connectivity index (χ3n) is 4.29. The highest BCUT2D eigenvalue weighted by molar-refractivity contribution is 5.98. The number of pyridine rings is 1. The van der Waals surface area contributed by atoms with Crippen molar-refractivity contribution >= 4 is 11.6 Å². The van der Waals surface area contributed by atoms with Gasteiger partial charge in [0.05, 0.1) is 18.0 Å². The van der Waals surface area contributed by atoms with Crippen molar-refractivity contribution in [2.75, 3.05) is 19.0 Å². The van der Waals surface area contributed by atoms with Gasteiger partial charge in [-0.25, -0.2) is 4.98 Å². The monoisotopic (exact) mass is 306 g/mol. The van der Waals surface area contributed by atoms with Crippen LogP contribution in [0, 0.1) is 12.8 Å². The molecular weight excluding hydrogens is 280 g/mol. The fourth-order valence-electron chi connectivity index (χ4n) is 2.40. The number of hydrogen-bond donors (Lipinski definition) is 1. The molecule has 0 bridgehead atoms. The normalized spacial score (nSPS) is 16.9. The highest BCUT2D eigenvalue weighted by Crippen LogP contribution is 2.42. The first-order chi connectivity index (χ1) is 10.5. The minimum Gasteiger partial charge on any atom is -0.478 e. The molecule has 0 unspecified atom stereocenters. The van der Waals surface area contributed by atoms with Crippen LogP contribution in [0.3, 0.4) is 0 Å². The largest absolute Gasteiger partial charge is 0.478 e. The summed E-state index contributed by atoms with van der Waals surface area (Å²) in [4.78, 5) is 16.9. The predicted octanol–water partition coefficient (Wildman–Crippen LogP) is 3.32. The van der Waals surface area contributed by atoms with Gasteiger partial charge in [0, 0.05) is 13.2 Å². The van der Waals surface area contributed by atoms with E-state index in [9.17, 15) is 4.79 Å². The van der Waals surface area contributed by atoms with Gasteiger partial charge < -0.3 is 14.8 Å². The molecule has 1 fully saturated rings. The fourth-order valence-corrected chi connectivity index (χ4v) is 2.40. The number of amides is 1. The Labute approximate surface area is 132 Å². The smallest absolute Gasteiger partial charge is 0.256 e. The van der Waals surface area contributed by atoms with Crippen molar-refractivity contribution in [1.82, 2.24) is 4.98 Å². The summed E-state index contributed by atoms with van der Waals surface area (Å²) in [5, 5.41) is 2.94. The van der Waals surface area contributed by atoms with Gasteiger partial charge in [-0.15, -0.1) is 0 Å². The number of hydrogen-bond acceptors (Lipinski definition) is 4. The zero-order valence-corrected chi connectivity index (χ0v) is 13.9. The van der Waals surface area contributed by atoms with E-state index < -0.39 is 5.60 Å². The van der Waals surface area contributed by atoms with Crippen molar-refractivity contribution in [1.29, 1.82) is 0 Å². The Hall–Kier alpha value is -1.62. The Balaban J connectivity index is 2.02. The number of aromatic nitrogens is 1. The number of anilines is 1. The molecule has 0 saturated heterocycles. The fraction of sp³-hybridized carbons (Fsp3) is 0.647. The maximum Gasteiger partial charge on any atom is 0.256 e. The van der Waals surface area contributed by atoms with E-state index in [1.165, 1.54) is 0 Å². The number of aryl methyl sites for hydroxylation is 1. The lowest BCUT2D eigenvalue weighted by molar-refractivity contribution is -0.138. The molecule has 1 aliphatic carbocycles. The molecule has 1 atom stereocenters. The molecule has 1 aromatic rings. The molecule has 2 rings (SSSR count). The first-order valence-electron chi connectivity index (χ1n) is 7.98. The first kappa shape index (κ1) is 16.7. The van der Waals surface area contributed by atoms with Gasteiger partial charge in [0.1, 0.15) is 5.60 Å². The highest BCUT2D eigenvalue weighted by Gasteiger charge is 2.47. The van der Waals surface area contributed by atoms with Gasteiger partial charge >= 0.3 is 0 Å². The summed E-state index contributed by atoms with van der Waals surface area (Å²) in [6, 6.07) is 3.63. The van der Waals surface area contributed by atoms with Crippen molar-refractivity contribution in [3.05, 3.63) is 17.8 Å². The molecule has 1 aromatic heterocycles. The number of nitrogens with zero attached hydrogens (tertiary/aromatic N) is 1. The average Bonchev–Trinajstić information content (AvgIpc) is 3.34. The van der Waals surface area contributed by atoms with E-state index in [4.69, 9.17) is 9.47 Å². The third-order valence-corrected chi connectivity index (χ3v) is 4.29. The molecule has 1 heterocycles. The SMILES string of the molecule is CCCCOc1ccc(NC(=O)[C@@](C)(OC)C2CC2)c(C)n1. The van der Waals surface area contributed by atoms with Gasteiger partial charge in [-0.1, -0.05) is 13.3 Å². The molecule has 0 aliphatic heterocycles. The summed E-state index contributed by atoms with van der Waals surface area (Å²) in [6.45, 7) is 6.50. The Kier molecular flexibility index (Phi) is 5.40. The minimum atomic E-state index is -0.761. The molecule has 1 saturated carbocycles. The second-order valence-corrected chi connectivity index (χ2v) is 6.02. The lowest BCUT2D eigenvalue weighted by atomic mass is 9.99. The molecule has 0 radical (unpaired) electrons. The van der Waals surface area contributed by atoms with E-state index in [2.05, 4.69) is 17.2 Å². The van der Waals surface area contributed by atoms with E-state index in [0.29, 0.717) is 24.1 Å². The van der Waals surface area contributed by atoms with Crippen LogP contribution in [0.1, 0.15) is 45.2 Å². The molecule has 22 heavy (non-hydrogen) atoms. The Morgan fingerprint density at radius 2 is 2.18 bits per heavy atom. The molecule has 1 amide bonds. The second-order valence-electron chi connectivity index (χ2n) is 6.02. The van der Waals surface area contributed by atoms with Crippen LogP contribution >= 0.6 is 0 Å². The summed E-state index contributed by atoms with van der Waals surface area (Å²) in [5.41, 5.74) is 0.691. The minimum absolute atomic E-state index is 0.109. The van der Waals surface area contributed by atoms with Crippen LogP contribution in [0.5, 0.6) is 5.88 Å². The standard InChI is InChI=1S/C17H26N2O3/c1-5-6-11-22-15-10-9-14(12(2)18-15)19-16(20)17(3,21-4)13-7-8-13/h9-10,13H,5-8,11H2,1-4H3,(H,19,20)/t17-/m0/s1. The number of carbonyl (C=O) groups is 1. The van der Waals surface area contributed by atoms with Crippen LogP contribution in [-0.2, 0) is 9.53 Å². The number of unbranched alkanes of at least 4 members (excludes halogenated alkanes) is 1. The van der Waals surface area contributed by atoms with E-state index in [-0.39, 0.29) is 5.91 Å². The first-order valence-corrected chi connectivity index (χ1v) is 7.98. The van der Waals surface area contributed by atoms with E-state index >= 15 is 0 Å². The van der Waals surface area contributed by atoms with E-state index in [0.717, 1.165) is 31.4 Å². The summed E-state index contributed by atoms with van der Waals surface area (Å²) >= 11 is 0. The lowest BCUT2D eigenvalue weighted by Gasteiger charge is -2.27. The number of rotatable bonds is 8.